The molecular formula is C18H34Cl2N4O4. The Morgan fingerprint density at radius 1 is 1.04 bits per heavy atom. The summed E-state index contributed by atoms with van der Waals surface area (Å²) in [7, 11) is 1.65. The van der Waals surface area contributed by atoms with Gasteiger partial charge >= 0.3 is 0 Å². The van der Waals surface area contributed by atoms with Gasteiger partial charge in [0, 0.05) is 26.2 Å². The maximum absolute atomic E-state index is 6.06. The summed E-state index contributed by atoms with van der Waals surface area (Å²) in [4.78, 5) is 2.58. The van der Waals surface area contributed by atoms with E-state index in [1.54, 1.807) is 7.11 Å². The van der Waals surface area contributed by atoms with Crippen LogP contribution in [0, 0.1) is 0 Å². The quantitative estimate of drug-likeness (QED) is 0.588. The van der Waals surface area contributed by atoms with Gasteiger partial charge in [0.15, 0.2) is 0 Å². The molecule has 8 nitrogen and oxygen atoms in total. The Balaban J connectivity index is 0.00000196. The second-order valence-electron chi connectivity index (χ2n) is 6.93. The molecule has 1 aliphatic heterocycles. The molecule has 0 atom stereocenters. The van der Waals surface area contributed by atoms with E-state index in [-0.39, 0.29) is 24.8 Å². The van der Waals surface area contributed by atoms with Gasteiger partial charge < -0.3 is 24.7 Å². The fourth-order valence-corrected chi connectivity index (χ4v) is 3.76. The molecule has 1 saturated carbocycles. The summed E-state index contributed by atoms with van der Waals surface area (Å²) in [6, 6.07) is 1.09. The van der Waals surface area contributed by atoms with Crippen molar-refractivity contribution >= 4 is 30.5 Å². The molecule has 2 N–H and O–H groups in total. The van der Waals surface area contributed by atoms with Gasteiger partial charge in [-0.05, 0) is 25.7 Å². The van der Waals surface area contributed by atoms with Crippen LogP contribution in [-0.4, -0.2) is 80.6 Å². The summed E-state index contributed by atoms with van der Waals surface area (Å²) in [6.07, 6.45) is 6.56. The molecular weight excluding hydrogens is 407 g/mol. The van der Waals surface area contributed by atoms with Gasteiger partial charge in [-0.2, -0.15) is 0 Å². The van der Waals surface area contributed by atoms with Crippen molar-refractivity contribution in [2.75, 3.05) is 65.6 Å². The van der Waals surface area contributed by atoms with Gasteiger partial charge in [0.25, 0.3) is 5.88 Å². The average molecular weight is 441 g/mol. The van der Waals surface area contributed by atoms with Crippen molar-refractivity contribution in [3.8, 4) is 5.88 Å². The number of hydrogen-bond acceptors (Lipinski definition) is 7. The number of morpholine rings is 1. The van der Waals surface area contributed by atoms with Gasteiger partial charge in [0.05, 0.1) is 45.3 Å². The summed E-state index contributed by atoms with van der Waals surface area (Å²) >= 11 is 0. The molecule has 0 amide bonds. The third kappa shape index (κ3) is 7.24. The van der Waals surface area contributed by atoms with Crippen LogP contribution in [0.1, 0.15) is 31.7 Å². The Hall–Kier alpha value is -0.770. The molecule has 28 heavy (non-hydrogen) atoms. The minimum absolute atomic E-state index is 0. The van der Waals surface area contributed by atoms with E-state index in [0.29, 0.717) is 50.1 Å². The molecule has 0 unspecified atom stereocenters. The molecule has 2 fully saturated rings. The van der Waals surface area contributed by atoms with Crippen LogP contribution < -0.4 is 10.5 Å². The maximum atomic E-state index is 6.06. The molecule has 1 aromatic rings. The number of ether oxygens (including phenoxy) is 4. The third-order valence-electron chi connectivity index (χ3n) is 5.23. The SMILES string of the molecule is COCCOCCOc1nn(C2CCC(N3CCOCC3)CC2)cc1N.Cl.Cl. The first-order valence-corrected chi connectivity index (χ1v) is 9.64. The molecule has 1 saturated heterocycles. The zero-order valence-electron chi connectivity index (χ0n) is 16.6. The number of anilines is 1. The summed E-state index contributed by atoms with van der Waals surface area (Å²) < 4.78 is 23.4. The number of methoxy groups -OCH3 is 1. The lowest BCUT2D eigenvalue weighted by Gasteiger charge is -2.38. The second kappa shape index (κ2) is 13.5. The van der Waals surface area contributed by atoms with Gasteiger partial charge in [-0.1, -0.05) is 0 Å². The smallest absolute Gasteiger partial charge is 0.256 e. The van der Waals surface area contributed by atoms with Crippen molar-refractivity contribution in [2.45, 2.75) is 37.8 Å². The predicted molar refractivity (Wildman–Crippen MR) is 113 cm³/mol. The van der Waals surface area contributed by atoms with Crippen LogP contribution >= 0.6 is 24.8 Å². The van der Waals surface area contributed by atoms with Crippen LogP contribution in [0.15, 0.2) is 6.20 Å². The molecule has 2 aliphatic rings. The van der Waals surface area contributed by atoms with Gasteiger partial charge in [0.1, 0.15) is 12.3 Å². The monoisotopic (exact) mass is 440 g/mol. The first kappa shape index (κ1) is 25.3. The lowest BCUT2D eigenvalue weighted by molar-refractivity contribution is 0.00501. The number of nitrogen functional groups attached to an aromatic ring is 1. The molecule has 2 heterocycles. The number of nitrogens with zero attached hydrogens (tertiary/aromatic N) is 3. The van der Waals surface area contributed by atoms with E-state index < -0.39 is 0 Å². The topological polar surface area (TPSA) is 84.0 Å². The highest BCUT2D eigenvalue weighted by atomic mass is 35.5. The normalized spacial score (nSPS) is 22.9. The minimum atomic E-state index is 0. The van der Waals surface area contributed by atoms with Crippen molar-refractivity contribution in [2.24, 2.45) is 0 Å². The van der Waals surface area contributed by atoms with Crippen molar-refractivity contribution in [3.05, 3.63) is 6.20 Å². The Morgan fingerprint density at radius 2 is 1.68 bits per heavy atom. The lowest BCUT2D eigenvalue weighted by Crippen LogP contribution is -2.45. The third-order valence-corrected chi connectivity index (χ3v) is 5.23. The Labute approximate surface area is 179 Å². The number of aromatic nitrogens is 2. The fourth-order valence-electron chi connectivity index (χ4n) is 3.76. The highest BCUT2D eigenvalue weighted by Crippen LogP contribution is 2.33. The van der Waals surface area contributed by atoms with Crippen LogP contribution in [0.2, 0.25) is 0 Å². The van der Waals surface area contributed by atoms with Gasteiger partial charge in [0.2, 0.25) is 0 Å². The zero-order chi connectivity index (χ0) is 18.2. The Morgan fingerprint density at radius 3 is 2.36 bits per heavy atom. The van der Waals surface area contributed by atoms with E-state index in [1.807, 2.05) is 10.9 Å². The van der Waals surface area contributed by atoms with Gasteiger partial charge in [-0.25, -0.2) is 0 Å². The highest BCUT2D eigenvalue weighted by Gasteiger charge is 2.28. The first-order chi connectivity index (χ1) is 12.8. The largest absolute Gasteiger partial charge is 0.473 e. The zero-order valence-corrected chi connectivity index (χ0v) is 18.2. The van der Waals surface area contributed by atoms with Gasteiger partial charge in [-0.15, -0.1) is 29.9 Å². The fraction of sp³-hybridized carbons (Fsp3) is 0.833. The predicted octanol–water partition coefficient (Wildman–Crippen LogP) is 2.17. The summed E-state index contributed by atoms with van der Waals surface area (Å²) in [5.74, 6) is 0.510. The van der Waals surface area contributed by atoms with E-state index in [9.17, 15) is 0 Å². The van der Waals surface area contributed by atoms with E-state index >= 15 is 0 Å². The molecule has 0 aromatic carbocycles. The highest BCUT2D eigenvalue weighted by molar-refractivity contribution is 5.85. The first-order valence-electron chi connectivity index (χ1n) is 9.64. The Bertz CT molecular complexity index is 536. The van der Waals surface area contributed by atoms with E-state index in [1.165, 1.54) is 12.8 Å². The average Bonchev–Trinajstić information content (AvgIpc) is 3.06. The van der Waals surface area contributed by atoms with Crippen molar-refractivity contribution in [1.82, 2.24) is 14.7 Å². The molecule has 0 bridgehead atoms. The van der Waals surface area contributed by atoms with E-state index in [4.69, 9.17) is 24.7 Å². The number of hydrogen-bond donors (Lipinski definition) is 1. The molecule has 1 aliphatic carbocycles. The van der Waals surface area contributed by atoms with Crippen LogP contribution in [-0.2, 0) is 14.2 Å². The van der Waals surface area contributed by atoms with Crippen molar-refractivity contribution < 1.29 is 18.9 Å². The van der Waals surface area contributed by atoms with Crippen LogP contribution in [0.25, 0.3) is 0 Å². The van der Waals surface area contributed by atoms with E-state index in [0.717, 1.165) is 39.1 Å². The molecule has 3 rings (SSSR count). The van der Waals surface area contributed by atoms with Gasteiger partial charge in [-0.3, -0.25) is 9.58 Å². The number of halogens is 2. The maximum Gasteiger partial charge on any atom is 0.256 e. The second-order valence-corrected chi connectivity index (χ2v) is 6.93. The number of rotatable bonds is 9. The molecule has 1 aromatic heterocycles. The standard InChI is InChI=1S/C18H32N4O4.2ClH/c1-23-10-11-25-12-13-26-18-17(19)14-22(20-18)16-4-2-15(3-5-16)21-6-8-24-9-7-21;;/h14-16H,2-13,19H2,1H3;2*1H. The van der Waals surface area contributed by atoms with Crippen LogP contribution in [0.3, 0.4) is 0 Å². The van der Waals surface area contributed by atoms with Crippen LogP contribution in [0.4, 0.5) is 5.69 Å². The Kier molecular flexibility index (Phi) is 12.1. The van der Waals surface area contributed by atoms with Crippen molar-refractivity contribution in [1.29, 1.82) is 0 Å². The molecule has 10 heteroatoms. The molecule has 164 valence electrons. The molecule has 0 spiro atoms. The summed E-state index contributed by atoms with van der Waals surface area (Å²) in [5.41, 5.74) is 6.66. The van der Waals surface area contributed by atoms with Crippen LogP contribution in [0.5, 0.6) is 5.88 Å². The molecule has 0 radical (unpaired) electrons. The van der Waals surface area contributed by atoms with E-state index in [2.05, 4.69) is 10.00 Å². The summed E-state index contributed by atoms with van der Waals surface area (Å²) in [6.45, 7) is 5.95. The van der Waals surface area contributed by atoms with Crippen molar-refractivity contribution in [3.63, 3.8) is 0 Å². The summed E-state index contributed by atoms with van der Waals surface area (Å²) in [5, 5.41) is 4.56. The lowest BCUT2D eigenvalue weighted by atomic mass is 9.90. The number of nitrogens with two attached hydrogens (primary N) is 1. The minimum Gasteiger partial charge on any atom is -0.473 e.